The molecule has 2 rings (SSSR count). The Labute approximate surface area is 134 Å². The predicted molar refractivity (Wildman–Crippen MR) is 62.6 cm³/mol. The molecular weight excluding hydrogens is 394 g/mol. The molecule has 0 aliphatic carbocycles. The Kier molecular flexibility index (Phi) is 5.11. The Bertz CT molecular complexity index is 853. The van der Waals surface area contributed by atoms with E-state index in [1.165, 1.54) is 0 Å². The minimum absolute atomic E-state index is 1.73. The van der Waals surface area contributed by atoms with Crippen LogP contribution in [0.4, 0.5) is 43.9 Å². The maximum atomic E-state index is 13.5. The summed E-state index contributed by atoms with van der Waals surface area (Å²) in [6, 6.07) is 0. The number of benzene rings is 2. The van der Waals surface area contributed by atoms with Crippen LogP contribution in [-0.2, 0) is 16.6 Å². The van der Waals surface area contributed by atoms with E-state index in [4.69, 9.17) is 0 Å². The van der Waals surface area contributed by atoms with Gasteiger partial charge in [-0.3, -0.25) is 4.21 Å². The van der Waals surface area contributed by atoms with E-state index >= 15 is 0 Å². The fraction of sp³-hybridized carbons (Fsp3) is 0.0769. The van der Waals surface area contributed by atoms with Crippen molar-refractivity contribution in [3.63, 3.8) is 0 Å². The molecule has 0 saturated heterocycles. The van der Waals surface area contributed by atoms with Crippen molar-refractivity contribution in [3.8, 4) is 0 Å². The van der Waals surface area contributed by atoms with Crippen LogP contribution in [0.1, 0.15) is 5.56 Å². The van der Waals surface area contributed by atoms with Crippen LogP contribution in [0.25, 0.3) is 0 Å². The van der Waals surface area contributed by atoms with Crippen molar-refractivity contribution in [2.75, 3.05) is 0 Å². The monoisotopic (exact) mass is 396 g/mol. The molecule has 25 heavy (non-hydrogen) atoms. The van der Waals surface area contributed by atoms with E-state index in [0.29, 0.717) is 0 Å². The molecule has 0 fully saturated rings. The molecule has 0 saturated carbocycles. The van der Waals surface area contributed by atoms with Crippen LogP contribution in [0, 0.1) is 58.2 Å². The standard InChI is InChI=1S/C13H2F10OS/c14-3-2(4(15)6(17)7(18)5(3)16)1-25(24)13-11(22)9(20)8(19)10(21)12(13)23/h1H2. The summed E-state index contributed by atoms with van der Waals surface area (Å²) in [5.74, 6) is -26.7. The quantitative estimate of drug-likeness (QED) is 0.428. The average molecular weight is 396 g/mol. The number of halogens is 10. The fourth-order valence-electron chi connectivity index (χ4n) is 1.76. The Morgan fingerprint density at radius 3 is 1.12 bits per heavy atom. The zero-order valence-electron chi connectivity index (χ0n) is 11.3. The van der Waals surface area contributed by atoms with Gasteiger partial charge in [0.2, 0.25) is 11.6 Å². The van der Waals surface area contributed by atoms with Gasteiger partial charge < -0.3 is 0 Å². The molecule has 136 valence electrons. The molecule has 0 aromatic heterocycles. The van der Waals surface area contributed by atoms with E-state index in [1.807, 2.05) is 0 Å². The lowest BCUT2D eigenvalue weighted by Gasteiger charge is -2.10. The molecule has 0 N–H and O–H groups in total. The van der Waals surface area contributed by atoms with Crippen LogP contribution in [0.5, 0.6) is 0 Å². The van der Waals surface area contributed by atoms with Crippen LogP contribution < -0.4 is 0 Å². The highest BCUT2D eigenvalue weighted by Gasteiger charge is 2.32. The third-order valence-corrected chi connectivity index (χ3v) is 4.34. The topological polar surface area (TPSA) is 17.1 Å². The van der Waals surface area contributed by atoms with Gasteiger partial charge in [0.25, 0.3) is 0 Å². The molecule has 0 aliphatic rings. The van der Waals surface area contributed by atoms with E-state index < -0.39 is 85.2 Å². The molecule has 0 radical (unpaired) electrons. The van der Waals surface area contributed by atoms with E-state index in [-0.39, 0.29) is 0 Å². The zero-order chi connectivity index (χ0) is 19.2. The summed E-state index contributed by atoms with van der Waals surface area (Å²) < 4.78 is 143. The lowest BCUT2D eigenvalue weighted by molar-refractivity contribution is 0.359. The lowest BCUT2D eigenvalue weighted by atomic mass is 10.2. The summed E-state index contributed by atoms with van der Waals surface area (Å²) in [4.78, 5) is -1.96. The van der Waals surface area contributed by atoms with E-state index in [2.05, 4.69) is 0 Å². The first-order chi connectivity index (χ1) is 11.5. The highest BCUT2D eigenvalue weighted by molar-refractivity contribution is 7.84. The van der Waals surface area contributed by atoms with Gasteiger partial charge in [0, 0.05) is 5.56 Å². The van der Waals surface area contributed by atoms with E-state index in [9.17, 15) is 48.1 Å². The zero-order valence-corrected chi connectivity index (χ0v) is 12.1. The second-order valence-corrected chi connectivity index (χ2v) is 5.83. The van der Waals surface area contributed by atoms with Crippen LogP contribution >= 0.6 is 0 Å². The number of rotatable bonds is 3. The normalized spacial score (nSPS) is 12.6. The smallest absolute Gasteiger partial charge is 0.200 e. The van der Waals surface area contributed by atoms with Gasteiger partial charge in [-0.1, -0.05) is 0 Å². The predicted octanol–water partition coefficient (Wildman–Crippen LogP) is 4.39. The minimum atomic E-state index is -3.36. The first-order valence-electron chi connectivity index (χ1n) is 5.90. The lowest BCUT2D eigenvalue weighted by Crippen LogP contribution is -2.13. The summed E-state index contributed by atoms with van der Waals surface area (Å²) in [7, 11) is -3.36. The molecule has 2 aromatic carbocycles. The van der Waals surface area contributed by atoms with Crippen molar-refractivity contribution in [1.82, 2.24) is 0 Å². The van der Waals surface area contributed by atoms with Gasteiger partial charge in [0.1, 0.15) is 4.90 Å². The third kappa shape index (κ3) is 2.98. The van der Waals surface area contributed by atoms with Gasteiger partial charge in [-0.15, -0.1) is 0 Å². The molecule has 0 spiro atoms. The fourth-order valence-corrected chi connectivity index (χ4v) is 3.00. The summed E-state index contributed by atoms with van der Waals surface area (Å²) in [5.41, 5.74) is -1.74. The van der Waals surface area contributed by atoms with Crippen LogP contribution in [-0.4, -0.2) is 4.21 Å². The van der Waals surface area contributed by atoms with Crippen molar-refractivity contribution in [1.29, 1.82) is 0 Å². The summed E-state index contributed by atoms with van der Waals surface area (Å²) in [6.07, 6.45) is 0. The molecule has 2 aromatic rings. The Balaban J connectivity index is 2.61. The molecule has 1 unspecified atom stereocenters. The second kappa shape index (κ2) is 6.65. The van der Waals surface area contributed by atoms with E-state index in [1.54, 1.807) is 0 Å². The largest absolute Gasteiger partial charge is 0.254 e. The van der Waals surface area contributed by atoms with Crippen molar-refractivity contribution in [2.24, 2.45) is 0 Å². The maximum absolute atomic E-state index is 13.5. The minimum Gasteiger partial charge on any atom is -0.254 e. The number of hydrogen-bond donors (Lipinski definition) is 0. The second-order valence-electron chi connectivity index (χ2n) is 4.44. The van der Waals surface area contributed by atoms with Gasteiger partial charge in [0.15, 0.2) is 46.5 Å². The summed E-state index contributed by atoms with van der Waals surface area (Å²) in [6.45, 7) is 0. The van der Waals surface area contributed by atoms with Gasteiger partial charge in [-0.05, 0) is 0 Å². The third-order valence-electron chi connectivity index (χ3n) is 2.97. The van der Waals surface area contributed by atoms with Crippen LogP contribution in [0.15, 0.2) is 4.90 Å². The molecular formula is C13H2F10OS. The summed E-state index contributed by atoms with van der Waals surface area (Å²) in [5, 5.41) is 0. The van der Waals surface area contributed by atoms with Crippen molar-refractivity contribution >= 4 is 10.8 Å². The van der Waals surface area contributed by atoms with Crippen molar-refractivity contribution in [2.45, 2.75) is 10.6 Å². The Morgan fingerprint density at radius 2 is 0.760 bits per heavy atom. The molecule has 1 atom stereocenters. The highest BCUT2D eigenvalue weighted by atomic mass is 32.2. The first kappa shape index (κ1) is 19.2. The van der Waals surface area contributed by atoms with Gasteiger partial charge in [-0.25, -0.2) is 43.9 Å². The maximum Gasteiger partial charge on any atom is 0.200 e. The molecule has 0 heterocycles. The Morgan fingerprint density at radius 1 is 0.480 bits per heavy atom. The summed E-state index contributed by atoms with van der Waals surface area (Å²) >= 11 is 0. The highest BCUT2D eigenvalue weighted by Crippen LogP contribution is 2.29. The molecule has 12 heteroatoms. The molecule has 0 amide bonds. The average Bonchev–Trinajstić information content (AvgIpc) is 2.58. The van der Waals surface area contributed by atoms with Crippen molar-refractivity contribution < 1.29 is 48.1 Å². The molecule has 0 bridgehead atoms. The van der Waals surface area contributed by atoms with Gasteiger partial charge >= 0.3 is 0 Å². The van der Waals surface area contributed by atoms with Gasteiger partial charge in [0.05, 0.1) is 16.6 Å². The Hall–Kier alpha value is -2.11. The SMILES string of the molecule is O=S(Cc1c(F)c(F)c(F)c(F)c1F)c1c(F)c(F)c(F)c(F)c1F. The van der Waals surface area contributed by atoms with Crippen LogP contribution in [0.3, 0.4) is 0 Å². The van der Waals surface area contributed by atoms with Crippen LogP contribution in [0.2, 0.25) is 0 Å². The first-order valence-corrected chi connectivity index (χ1v) is 7.22. The molecule has 1 nitrogen and oxygen atoms in total. The van der Waals surface area contributed by atoms with Gasteiger partial charge in [-0.2, -0.15) is 0 Å². The molecule has 0 aliphatic heterocycles. The van der Waals surface area contributed by atoms with Crippen molar-refractivity contribution in [3.05, 3.63) is 63.7 Å². The van der Waals surface area contributed by atoms with E-state index in [0.717, 1.165) is 0 Å². The number of hydrogen-bond acceptors (Lipinski definition) is 1.